The largest absolute Gasteiger partial charge is 0.462 e. The molecule has 1 atom stereocenters. The SMILES string of the molecule is CCCCCCCCCCCCCC(=O)O[C@H](COC(=O)CCCCCCCCCCCC)COC(=O)CCCCCCCCCCCCCCCCCC(C)C. The first-order valence-electron chi connectivity index (χ1n) is 25.4. The molecule has 0 unspecified atom stereocenters. The van der Waals surface area contributed by atoms with Gasteiger partial charge in [0.2, 0.25) is 0 Å². The predicted octanol–water partition coefficient (Wildman–Crippen LogP) is 16.3. The van der Waals surface area contributed by atoms with Gasteiger partial charge in [0.1, 0.15) is 13.2 Å². The Morgan fingerprint density at radius 3 is 0.860 bits per heavy atom. The van der Waals surface area contributed by atoms with Gasteiger partial charge in [-0.25, -0.2) is 0 Å². The van der Waals surface area contributed by atoms with E-state index in [1.54, 1.807) is 0 Å². The van der Waals surface area contributed by atoms with Crippen LogP contribution in [0, 0.1) is 5.92 Å². The van der Waals surface area contributed by atoms with Gasteiger partial charge in [-0.05, 0) is 25.2 Å². The smallest absolute Gasteiger partial charge is 0.306 e. The molecule has 0 saturated heterocycles. The maximum absolute atomic E-state index is 12.7. The molecule has 0 amide bonds. The Balaban J connectivity index is 4.23. The van der Waals surface area contributed by atoms with E-state index in [1.165, 1.54) is 180 Å². The molecule has 57 heavy (non-hydrogen) atoms. The zero-order valence-electron chi connectivity index (χ0n) is 38.8. The molecule has 0 aromatic carbocycles. The number of ether oxygens (including phenoxy) is 3. The van der Waals surface area contributed by atoms with E-state index in [0.29, 0.717) is 19.3 Å². The van der Waals surface area contributed by atoms with Crippen molar-refractivity contribution in [3.05, 3.63) is 0 Å². The van der Waals surface area contributed by atoms with Crippen molar-refractivity contribution in [2.75, 3.05) is 13.2 Å². The molecule has 0 bridgehead atoms. The number of unbranched alkanes of at least 4 members (excludes halogenated alkanes) is 33. The summed E-state index contributed by atoms with van der Waals surface area (Å²) in [5.41, 5.74) is 0. The van der Waals surface area contributed by atoms with Crippen LogP contribution in [0.2, 0.25) is 0 Å². The summed E-state index contributed by atoms with van der Waals surface area (Å²) in [5.74, 6) is 0.00135. The molecule has 0 spiro atoms. The van der Waals surface area contributed by atoms with Crippen molar-refractivity contribution in [1.82, 2.24) is 0 Å². The van der Waals surface area contributed by atoms with Crippen LogP contribution >= 0.6 is 0 Å². The molecule has 0 aliphatic heterocycles. The van der Waals surface area contributed by atoms with Gasteiger partial charge in [-0.1, -0.05) is 246 Å². The molecule has 0 aliphatic carbocycles. The standard InChI is InChI=1S/C51H98O6/c1-5-7-9-11-13-15-22-28-32-36-40-44-51(54)57-48(45-55-49(52)42-38-34-30-26-16-14-12-10-8-6-2)46-56-50(53)43-39-35-31-27-24-21-19-17-18-20-23-25-29-33-37-41-47(3)4/h47-48H,5-46H2,1-4H3/t48-/m1/s1. The molecule has 338 valence electrons. The number of hydrogen-bond donors (Lipinski definition) is 0. The minimum atomic E-state index is -0.759. The van der Waals surface area contributed by atoms with Gasteiger partial charge >= 0.3 is 17.9 Å². The Bertz CT molecular complexity index is 857. The number of esters is 3. The number of rotatable bonds is 46. The van der Waals surface area contributed by atoms with Crippen molar-refractivity contribution in [3.63, 3.8) is 0 Å². The molecule has 0 N–H and O–H groups in total. The highest BCUT2D eigenvalue weighted by Gasteiger charge is 2.19. The Labute approximate surface area is 355 Å². The molecule has 0 rings (SSSR count). The maximum atomic E-state index is 12.7. The van der Waals surface area contributed by atoms with Gasteiger partial charge < -0.3 is 14.2 Å². The third kappa shape index (κ3) is 45.3. The van der Waals surface area contributed by atoms with Gasteiger partial charge in [0, 0.05) is 19.3 Å². The predicted molar refractivity (Wildman–Crippen MR) is 243 cm³/mol. The van der Waals surface area contributed by atoms with Crippen LogP contribution < -0.4 is 0 Å². The zero-order valence-corrected chi connectivity index (χ0v) is 38.8. The summed E-state index contributed by atoms with van der Waals surface area (Å²) in [7, 11) is 0. The second-order valence-electron chi connectivity index (χ2n) is 17.9. The number of hydrogen-bond acceptors (Lipinski definition) is 6. The summed E-state index contributed by atoms with van der Waals surface area (Å²) in [5, 5.41) is 0. The molecule has 6 nitrogen and oxygen atoms in total. The van der Waals surface area contributed by atoms with E-state index in [1.807, 2.05) is 0 Å². The Morgan fingerprint density at radius 1 is 0.333 bits per heavy atom. The highest BCUT2D eigenvalue weighted by atomic mass is 16.6. The Kier molecular flexibility index (Phi) is 44.2. The van der Waals surface area contributed by atoms with Crippen LogP contribution in [-0.2, 0) is 28.6 Å². The lowest BCUT2D eigenvalue weighted by Crippen LogP contribution is -2.30. The van der Waals surface area contributed by atoms with Gasteiger partial charge in [-0.3, -0.25) is 14.4 Å². The molecule has 0 aromatic heterocycles. The summed E-state index contributed by atoms with van der Waals surface area (Å²) >= 11 is 0. The highest BCUT2D eigenvalue weighted by molar-refractivity contribution is 5.71. The van der Waals surface area contributed by atoms with Crippen molar-refractivity contribution in [3.8, 4) is 0 Å². The fourth-order valence-electron chi connectivity index (χ4n) is 7.69. The minimum absolute atomic E-state index is 0.0628. The number of carbonyl (C=O) groups excluding carboxylic acids is 3. The lowest BCUT2D eigenvalue weighted by Gasteiger charge is -2.18. The van der Waals surface area contributed by atoms with Crippen molar-refractivity contribution in [2.45, 2.75) is 291 Å². The Morgan fingerprint density at radius 2 is 0.579 bits per heavy atom. The molecular formula is C51H98O6. The Hall–Kier alpha value is -1.59. The minimum Gasteiger partial charge on any atom is -0.462 e. The van der Waals surface area contributed by atoms with Crippen molar-refractivity contribution in [1.29, 1.82) is 0 Å². The van der Waals surface area contributed by atoms with E-state index in [2.05, 4.69) is 27.7 Å². The third-order valence-electron chi connectivity index (χ3n) is 11.5. The molecule has 6 heteroatoms. The van der Waals surface area contributed by atoms with Crippen LogP contribution in [0.25, 0.3) is 0 Å². The second-order valence-corrected chi connectivity index (χ2v) is 17.9. The van der Waals surface area contributed by atoms with Crippen LogP contribution in [0.3, 0.4) is 0 Å². The van der Waals surface area contributed by atoms with Crippen LogP contribution in [0.1, 0.15) is 285 Å². The maximum Gasteiger partial charge on any atom is 0.306 e. The molecule has 0 aliphatic rings. The molecule has 0 heterocycles. The average molecular weight is 807 g/mol. The van der Waals surface area contributed by atoms with Gasteiger partial charge in [-0.15, -0.1) is 0 Å². The van der Waals surface area contributed by atoms with E-state index in [9.17, 15) is 14.4 Å². The van der Waals surface area contributed by atoms with Crippen molar-refractivity contribution in [2.24, 2.45) is 5.92 Å². The molecule has 0 radical (unpaired) electrons. The van der Waals surface area contributed by atoms with E-state index < -0.39 is 6.10 Å². The fourth-order valence-corrected chi connectivity index (χ4v) is 7.69. The molecular weight excluding hydrogens is 709 g/mol. The quantitative estimate of drug-likeness (QED) is 0.0346. The number of carbonyl (C=O) groups is 3. The van der Waals surface area contributed by atoms with Gasteiger partial charge in [0.05, 0.1) is 0 Å². The van der Waals surface area contributed by atoms with Gasteiger partial charge in [-0.2, -0.15) is 0 Å². The lowest BCUT2D eigenvalue weighted by atomic mass is 10.0. The van der Waals surface area contributed by atoms with Crippen LogP contribution in [-0.4, -0.2) is 37.2 Å². The summed E-state index contributed by atoms with van der Waals surface area (Å²) in [6.07, 6.45) is 46.6. The van der Waals surface area contributed by atoms with Gasteiger partial charge in [0.15, 0.2) is 6.10 Å². The van der Waals surface area contributed by atoms with E-state index in [0.717, 1.165) is 63.7 Å². The molecule has 0 aromatic rings. The van der Waals surface area contributed by atoms with Crippen LogP contribution in [0.5, 0.6) is 0 Å². The third-order valence-corrected chi connectivity index (χ3v) is 11.5. The van der Waals surface area contributed by atoms with Crippen LogP contribution in [0.15, 0.2) is 0 Å². The summed E-state index contributed by atoms with van der Waals surface area (Å²) in [4.78, 5) is 37.8. The monoisotopic (exact) mass is 807 g/mol. The van der Waals surface area contributed by atoms with Crippen LogP contribution in [0.4, 0.5) is 0 Å². The first-order valence-corrected chi connectivity index (χ1v) is 25.4. The summed E-state index contributed by atoms with van der Waals surface area (Å²) in [6.45, 7) is 9.02. The van der Waals surface area contributed by atoms with E-state index in [-0.39, 0.29) is 31.1 Å². The van der Waals surface area contributed by atoms with Crippen molar-refractivity contribution < 1.29 is 28.6 Å². The molecule has 0 saturated carbocycles. The van der Waals surface area contributed by atoms with E-state index >= 15 is 0 Å². The average Bonchev–Trinajstić information content (AvgIpc) is 3.19. The summed E-state index contributed by atoms with van der Waals surface area (Å²) in [6, 6.07) is 0. The highest BCUT2D eigenvalue weighted by Crippen LogP contribution is 2.17. The summed E-state index contributed by atoms with van der Waals surface area (Å²) < 4.78 is 16.8. The fraction of sp³-hybridized carbons (Fsp3) is 0.941. The first kappa shape index (κ1) is 55.4. The van der Waals surface area contributed by atoms with Gasteiger partial charge in [0.25, 0.3) is 0 Å². The second kappa shape index (κ2) is 45.5. The zero-order chi connectivity index (χ0) is 41.7. The normalized spacial score (nSPS) is 11.9. The molecule has 0 fully saturated rings. The van der Waals surface area contributed by atoms with E-state index in [4.69, 9.17) is 14.2 Å². The topological polar surface area (TPSA) is 78.9 Å². The first-order chi connectivity index (χ1) is 27.9. The van der Waals surface area contributed by atoms with Crippen molar-refractivity contribution >= 4 is 17.9 Å². The lowest BCUT2D eigenvalue weighted by molar-refractivity contribution is -0.167.